The summed E-state index contributed by atoms with van der Waals surface area (Å²) in [6, 6.07) is 4.00. The molecule has 0 fully saturated rings. The van der Waals surface area contributed by atoms with Crippen LogP contribution < -0.4 is 5.32 Å². The second kappa shape index (κ2) is 5.50. The van der Waals surface area contributed by atoms with Gasteiger partial charge in [-0.05, 0) is 12.1 Å². The predicted octanol–water partition coefficient (Wildman–Crippen LogP) is 1.65. The Morgan fingerprint density at radius 2 is 2.36 bits per heavy atom. The summed E-state index contributed by atoms with van der Waals surface area (Å²) in [6.07, 6.45) is 3.81. The number of hydrogen-bond acceptors (Lipinski definition) is 3. The lowest BCUT2D eigenvalue weighted by Crippen LogP contribution is -2.25. The van der Waals surface area contributed by atoms with Crippen LogP contribution in [0.2, 0.25) is 0 Å². The summed E-state index contributed by atoms with van der Waals surface area (Å²) >= 11 is 0. The maximum Gasteiger partial charge on any atom is 0.165 e. The average Bonchev–Trinajstić information content (AvgIpc) is 2.18. The average molecular weight is 192 g/mol. The fraction of sp³-hybridized carbons (Fsp3) is 0.455. The van der Waals surface area contributed by atoms with Gasteiger partial charge in [0.25, 0.3) is 0 Å². The highest BCUT2D eigenvalue weighted by atomic mass is 16.1. The van der Waals surface area contributed by atoms with Crippen LogP contribution in [0.5, 0.6) is 0 Å². The summed E-state index contributed by atoms with van der Waals surface area (Å²) in [5, 5.41) is 3.20. The second-order valence-corrected chi connectivity index (χ2v) is 3.52. The van der Waals surface area contributed by atoms with Gasteiger partial charge in [0.15, 0.2) is 5.78 Å². The molecule has 1 aromatic heterocycles. The highest BCUT2D eigenvalue weighted by Gasteiger charge is 2.04. The summed E-state index contributed by atoms with van der Waals surface area (Å²) < 4.78 is 0. The number of nitrogens with zero attached hydrogens (tertiary/aromatic N) is 1. The molecule has 0 spiro atoms. The SMILES string of the molecule is CC(C)NCCC(=O)c1cccnc1. The summed E-state index contributed by atoms with van der Waals surface area (Å²) in [6.45, 7) is 4.86. The lowest BCUT2D eigenvalue weighted by Gasteiger charge is -2.06. The second-order valence-electron chi connectivity index (χ2n) is 3.52. The van der Waals surface area contributed by atoms with E-state index in [1.54, 1.807) is 24.5 Å². The van der Waals surface area contributed by atoms with E-state index in [0.29, 0.717) is 18.0 Å². The van der Waals surface area contributed by atoms with Crippen LogP contribution in [-0.2, 0) is 0 Å². The van der Waals surface area contributed by atoms with Crippen molar-refractivity contribution in [1.82, 2.24) is 10.3 Å². The minimum absolute atomic E-state index is 0.145. The summed E-state index contributed by atoms with van der Waals surface area (Å²) in [4.78, 5) is 15.5. The van der Waals surface area contributed by atoms with E-state index in [1.807, 2.05) is 0 Å². The van der Waals surface area contributed by atoms with Crippen LogP contribution in [0.15, 0.2) is 24.5 Å². The number of hydrogen-bond donors (Lipinski definition) is 1. The Balaban J connectivity index is 2.36. The van der Waals surface area contributed by atoms with Gasteiger partial charge in [-0.3, -0.25) is 9.78 Å². The van der Waals surface area contributed by atoms with Crippen molar-refractivity contribution >= 4 is 5.78 Å². The van der Waals surface area contributed by atoms with Gasteiger partial charge in [0.05, 0.1) is 0 Å². The first-order valence-electron chi connectivity index (χ1n) is 4.87. The molecule has 1 aromatic rings. The third kappa shape index (κ3) is 3.66. The van der Waals surface area contributed by atoms with E-state index in [1.165, 1.54) is 0 Å². The van der Waals surface area contributed by atoms with Crippen LogP contribution in [0, 0.1) is 0 Å². The standard InChI is InChI=1S/C11H16N2O/c1-9(2)13-7-5-11(14)10-4-3-6-12-8-10/h3-4,6,8-9,13H,5,7H2,1-2H3. The van der Waals surface area contributed by atoms with Crippen molar-refractivity contribution in [2.24, 2.45) is 0 Å². The van der Waals surface area contributed by atoms with Crippen molar-refractivity contribution in [3.05, 3.63) is 30.1 Å². The van der Waals surface area contributed by atoms with E-state index in [9.17, 15) is 4.79 Å². The topological polar surface area (TPSA) is 42.0 Å². The number of aromatic nitrogens is 1. The van der Waals surface area contributed by atoms with Crippen molar-refractivity contribution in [3.63, 3.8) is 0 Å². The van der Waals surface area contributed by atoms with E-state index in [-0.39, 0.29) is 5.78 Å². The van der Waals surface area contributed by atoms with Gasteiger partial charge in [-0.15, -0.1) is 0 Å². The predicted molar refractivity (Wildman–Crippen MR) is 56.3 cm³/mol. The zero-order valence-corrected chi connectivity index (χ0v) is 8.66. The molecule has 3 heteroatoms. The van der Waals surface area contributed by atoms with Crippen LogP contribution in [0.3, 0.4) is 0 Å². The van der Waals surface area contributed by atoms with Crippen molar-refractivity contribution in [2.45, 2.75) is 26.3 Å². The molecule has 0 unspecified atom stereocenters. The van der Waals surface area contributed by atoms with Gasteiger partial charge in [-0.1, -0.05) is 13.8 Å². The van der Waals surface area contributed by atoms with Gasteiger partial charge in [0, 0.05) is 37.0 Å². The number of carbonyl (C=O) groups is 1. The molecular formula is C11H16N2O. The van der Waals surface area contributed by atoms with Gasteiger partial charge >= 0.3 is 0 Å². The molecule has 0 aliphatic carbocycles. The molecule has 0 aliphatic rings. The molecule has 0 saturated heterocycles. The molecule has 1 N–H and O–H groups in total. The zero-order valence-electron chi connectivity index (χ0n) is 8.66. The molecule has 3 nitrogen and oxygen atoms in total. The molecular weight excluding hydrogens is 176 g/mol. The Hall–Kier alpha value is -1.22. The Labute approximate surface area is 84.6 Å². The van der Waals surface area contributed by atoms with E-state index < -0.39 is 0 Å². The van der Waals surface area contributed by atoms with Gasteiger partial charge in [0.2, 0.25) is 0 Å². The maximum absolute atomic E-state index is 11.5. The van der Waals surface area contributed by atoms with E-state index in [2.05, 4.69) is 24.1 Å². The number of rotatable bonds is 5. The molecule has 0 radical (unpaired) electrons. The molecule has 0 amide bonds. The molecule has 1 rings (SSSR count). The lowest BCUT2D eigenvalue weighted by atomic mass is 10.1. The molecule has 0 aliphatic heterocycles. The third-order valence-corrected chi connectivity index (χ3v) is 1.89. The molecule has 14 heavy (non-hydrogen) atoms. The smallest absolute Gasteiger partial charge is 0.165 e. The van der Waals surface area contributed by atoms with Crippen molar-refractivity contribution in [3.8, 4) is 0 Å². The Morgan fingerprint density at radius 1 is 1.57 bits per heavy atom. The first-order valence-corrected chi connectivity index (χ1v) is 4.87. The Kier molecular flexibility index (Phi) is 4.26. The van der Waals surface area contributed by atoms with Crippen molar-refractivity contribution in [1.29, 1.82) is 0 Å². The fourth-order valence-corrected chi connectivity index (χ4v) is 1.15. The van der Waals surface area contributed by atoms with Crippen molar-refractivity contribution < 1.29 is 4.79 Å². The summed E-state index contributed by atoms with van der Waals surface area (Å²) in [7, 11) is 0. The number of Topliss-reactive ketones (excluding diaryl/α,β-unsaturated/α-hetero) is 1. The maximum atomic E-state index is 11.5. The number of nitrogens with one attached hydrogen (secondary N) is 1. The molecule has 0 atom stereocenters. The molecule has 1 heterocycles. The van der Waals surface area contributed by atoms with Crippen molar-refractivity contribution in [2.75, 3.05) is 6.54 Å². The normalized spacial score (nSPS) is 10.5. The van der Waals surface area contributed by atoms with Gasteiger partial charge in [0.1, 0.15) is 0 Å². The van der Waals surface area contributed by atoms with E-state index in [0.717, 1.165) is 6.54 Å². The first kappa shape index (κ1) is 10.9. The first-order chi connectivity index (χ1) is 6.70. The highest BCUT2D eigenvalue weighted by molar-refractivity contribution is 5.95. The minimum atomic E-state index is 0.145. The molecule has 76 valence electrons. The third-order valence-electron chi connectivity index (χ3n) is 1.89. The number of ketones is 1. The lowest BCUT2D eigenvalue weighted by molar-refractivity contribution is 0.0981. The highest BCUT2D eigenvalue weighted by Crippen LogP contribution is 2.00. The zero-order chi connectivity index (χ0) is 10.4. The summed E-state index contributed by atoms with van der Waals surface area (Å²) in [5.41, 5.74) is 0.693. The Bertz CT molecular complexity index is 283. The van der Waals surface area contributed by atoms with Crippen LogP contribution in [-0.4, -0.2) is 23.4 Å². The van der Waals surface area contributed by atoms with Crippen LogP contribution >= 0.6 is 0 Å². The van der Waals surface area contributed by atoms with Crippen LogP contribution in [0.1, 0.15) is 30.6 Å². The minimum Gasteiger partial charge on any atom is -0.314 e. The largest absolute Gasteiger partial charge is 0.314 e. The number of carbonyl (C=O) groups excluding carboxylic acids is 1. The molecule has 0 aromatic carbocycles. The van der Waals surface area contributed by atoms with Gasteiger partial charge in [-0.2, -0.15) is 0 Å². The van der Waals surface area contributed by atoms with Gasteiger partial charge < -0.3 is 5.32 Å². The monoisotopic (exact) mass is 192 g/mol. The Morgan fingerprint density at radius 3 is 2.93 bits per heavy atom. The van der Waals surface area contributed by atoms with Crippen LogP contribution in [0.4, 0.5) is 0 Å². The van der Waals surface area contributed by atoms with Crippen LogP contribution in [0.25, 0.3) is 0 Å². The summed E-state index contributed by atoms with van der Waals surface area (Å²) in [5.74, 6) is 0.145. The molecule has 0 saturated carbocycles. The molecule has 0 bridgehead atoms. The van der Waals surface area contributed by atoms with E-state index >= 15 is 0 Å². The fourth-order valence-electron chi connectivity index (χ4n) is 1.15. The van der Waals surface area contributed by atoms with Gasteiger partial charge in [-0.25, -0.2) is 0 Å². The number of pyridine rings is 1. The van der Waals surface area contributed by atoms with E-state index in [4.69, 9.17) is 0 Å². The quantitative estimate of drug-likeness (QED) is 0.721.